The predicted molar refractivity (Wildman–Crippen MR) is 111 cm³/mol. The van der Waals surface area contributed by atoms with Crippen molar-refractivity contribution in [2.24, 2.45) is 0 Å². The second-order valence-electron chi connectivity index (χ2n) is 7.00. The number of methoxy groups -OCH3 is 1. The maximum Gasteiger partial charge on any atom is 0.407 e. The topological polar surface area (TPSA) is 67.8 Å². The van der Waals surface area contributed by atoms with Crippen LogP contribution in [0.5, 0.6) is 5.75 Å². The Hall–Kier alpha value is -3.31. The van der Waals surface area contributed by atoms with E-state index in [-0.39, 0.29) is 19.1 Å². The molecule has 0 bridgehead atoms. The van der Waals surface area contributed by atoms with Crippen LogP contribution in [-0.4, -0.2) is 31.5 Å². The summed E-state index contributed by atoms with van der Waals surface area (Å²) in [4.78, 5) is 12.2. The summed E-state index contributed by atoms with van der Waals surface area (Å²) in [7, 11) is 1.59. The molecule has 1 aliphatic carbocycles. The smallest absolute Gasteiger partial charge is 0.407 e. The van der Waals surface area contributed by atoms with Gasteiger partial charge in [-0.1, -0.05) is 60.7 Å². The highest BCUT2D eigenvalue weighted by atomic mass is 16.5. The van der Waals surface area contributed by atoms with Gasteiger partial charge in [0.1, 0.15) is 12.4 Å². The molecule has 1 amide bonds. The second-order valence-corrected chi connectivity index (χ2v) is 7.00. The van der Waals surface area contributed by atoms with Gasteiger partial charge in [-0.25, -0.2) is 4.79 Å². The number of fused-ring (bicyclic) bond motifs is 3. The van der Waals surface area contributed by atoms with Crippen molar-refractivity contribution in [1.82, 2.24) is 5.32 Å². The SMILES string of the molecule is COc1ccc(C(O)CNC(=O)OCC2c3ccccc3-c3ccccc32)cc1. The molecule has 0 heterocycles. The van der Waals surface area contributed by atoms with Crippen LogP contribution in [0.4, 0.5) is 4.79 Å². The molecule has 3 aromatic rings. The van der Waals surface area contributed by atoms with E-state index in [4.69, 9.17) is 9.47 Å². The molecule has 2 N–H and O–H groups in total. The molecule has 0 radical (unpaired) electrons. The van der Waals surface area contributed by atoms with E-state index < -0.39 is 12.2 Å². The molecule has 4 rings (SSSR count). The fourth-order valence-corrected chi connectivity index (χ4v) is 3.77. The first-order valence-electron chi connectivity index (χ1n) is 9.58. The summed E-state index contributed by atoms with van der Waals surface area (Å²) < 4.78 is 10.6. The highest BCUT2D eigenvalue weighted by molar-refractivity contribution is 5.79. The van der Waals surface area contributed by atoms with E-state index in [1.165, 1.54) is 22.3 Å². The number of alkyl carbamates (subject to hydrolysis) is 1. The van der Waals surface area contributed by atoms with Gasteiger partial charge in [-0.15, -0.1) is 0 Å². The van der Waals surface area contributed by atoms with Crippen LogP contribution in [0.15, 0.2) is 72.8 Å². The number of nitrogens with one attached hydrogen (secondary N) is 1. The number of hydrogen-bond donors (Lipinski definition) is 2. The summed E-state index contributed by atoms with van der Waals surface area (Å²) in [5, 5.41) is 12.9. The Morgan fingerprint density at radius 1 is 0.966 bits per heavy atom. The number of rotatable bonds is 6. The first-order chi connectivity index (χ1) is 14.2. The molecule has 0 saturated carbocycles. The molecule has 0 aliphatic heterocycles. The first kappa shape index (κ1) is 19.0. The van der Waals surface area contributed by atoms with Crippen LogP contribution in [0.1, 0.15) is 28.7 Å². The van der Waals surface area contributed by atoms with Gasteiger partial charge in [0.05, 0.1) is 19.8 Å². The molecule has 0 spiro atoms. The normalized spacial score (nSPS) is 13.3. The van der Waals surface area contributed by atoms with Gasteiger partial charge in [-0.3, -0.25) is 0 Å². The second kappa shape index (κ2) is 8.37. The zero-order chi connectivity index (χ0) is 20.2. The van der Waals surface area contributed by atoms with Crippen molar-refractivity contribution in [3.05, 3.63) is 89.5 Å². The molecule has 0 fully saturated rings. The molecular weight excluding hydrogens is 366 g/mol. The number of aliphatic hydroxyl groups excluding tert-OH is 1. The average molecular weight is 389 g/mol. The summed E-state index contributed by atoms with van der Waals surface area (Å²) in [5.41, 5.74) is 5.41. The maximum atomic E-state index is 12.2. The van der Waals surface area contributed by atoms with Gasteiger partial charge in [0.25, 0.3) is 0 Å². The zero-order valence-electron chi connectivity index (χ0n) is 16.2. The number of ether oxygens (including phenoxy) is 2. The van der Waals surface area contributed by atoms with Gasteiger partial charge in [-0.05, 0) is 39.9 Å². The van der Waals surface area contributed by atoms with Crippen LogP contribution < -0.4 is 10.1 Å². The van der Waals surface area contributed by atoms with E-state index in [1.807, 2.05) is 24.3 Å². The van der Waals surface area contributed by atoms with E-state index in [0.29, 0.717) is 11.3 Å². The fourth-order valence-electron chi connectivity index (χ4n) is 3.77. The zero-order valence-corrected chi connectivity index (χ0v) is 16.2. The lowest BCUT2D eigenvalue weighted by molar-refractivity contribution is 0.128. The minimum atomic E-state index is -0.818. The third-order valence-corrected chi connectivity index (χ3v) is 5.28. The van der Waals surface area contributed by atoms with Crippen molar-refractivity contribution in [1.29, 1.82) is 0 Å². The molecule has 1 aliphatic rings. The van der Waals surface area contributed by atoms with E-state index in [9.17, 15) is 9.90 Å². The Labute approximate surface area is 169 Å². The largest absolute Gasteiger partial charge is 0.497 e. The van der Waals surface area contributed by atoms with Crippen molar-refractivity contribution >= 4 is 6.09 Å². The number of aliphatic hydroxyl groups is 1. The lowest BCUT2D eigenvalue weighted by atomic mass is 9.98. The van der Waals surface area contributed by atoms with Crippen LogP contribution in [0, 0.1) is 0 Å². The third-order valence-electron chi connectivity index (χ3n) is 5.28. The predicted octanol–water partition coefficient (Wildman–Crippen LogP) is 4.27. The number of amides is 1. The monoisotopic (exact) mass is 389 g/mol. The number of carbonyl (C=O) groups excluding carboxylic acids is 1. The molecule has 1 atom stereocenters. The van der Waals surface area contributed by atoms with Gasteiger partial charge in [-0.2, -0.15) is 0 Å². The molecule has 29 heavy (non-hydrogen) atoms. The van der Waals surface area contributed by atoms with Gasteiger partial charge in [0.15, 0.2) is 0 Å². The Balaban J connectivity index is 1.35. The van der Waals surface area contributed by atoms with Crippen molar-refractivity contribution in [2.45, 2.75) is 12.0 Å². The van der Waals surface area contributed by atoms with E-state index in [2.05, 4.69) is 29.6 Å². The highest BCUT2D eigenvalue weighted by Gasteiger charge is 2.29. The molecular formula is C24H23NO4. The quantitative estimate of drug-likeness (QED) is 0.661. The minimum Gasteiger partial charge on any atom is -0.497 e. The third kappa shape index (κ3) is 3.96. The van der Waals surface area contributed by atoms with Gasteiger partial charge < -0.3 is 19.9 Å². The minimum absolute atomic E-state index is 0.0136. The van der Waals surface area contributed by atoms with Crippen LogP contribution in [0.25, 0.3) is 11.1 Å². The van der Waals surface area contributed by atoms with Crippen molar-refractivity contribution in [3.63, 3.8) is 0 Å². The lowest BCUT2D eigenvalue weighted by Gasteiger charge is -2.16. The first-order valence-corrected chi connectivity index (χ1v) is 9.58. The van der Waals surface area contributed by atoms with Gasteiger partial charge in [0, 0.05) is 5.92 Å². The van der Waals surface area contributed by atoms with E-state index in [0.717, 1.165) is 0 Å². The summed E-state index contributed by atoms with van der Waals surface area (Å²) >= 11 is 0. The Kier molecular flexibility index (Phi) is 5.49. The number of carbonyl (C=O) groups is 1. The summed E-state index contributed by atoms with van der Waals surface area (Å²) in [5.74, 6) is 0.727. The fraction of sp³-hybridized carbons (Fsp3) is 0.208. The van der Waals surface area contributed by atoms with E-state index >= 15 is 0 Å². The van der Waals surface area contributed by atoms with Gasteiger partial charge >= 0.3 is 6.09 Å². The molecule has 5 heteroatoms. The van der Waals surface area contributed by atoms with E-state index in [1.54, 1.807) is 31.4 Å². The molecule has 1 unspecified atom stereocenters. The molecule has 5 nitrogen and oxygen atoms in total. The highest BCUT2D eigenvalue weighted by Crippen LogP contribution is 2.44. The molecule has 148 valence electrons. The standard InChI is InChI=1S/C24H23NO4/c1-28-17-12-10-16(11-13-17)23(26)14-25-24(27)29-15-22-20-8-4-2-6-18(20)19-7-3-5-9-21(19)22/h2-13,22-23,26H,14-15H2,1H3,(H,25,27). The summed E-state index contributed by atoms with van der Waals surface area (Å²) in [6, 6.07) is 23.5. The molecule has 0 aromatic heterocycles. The average Bonchev–Trinajstić information content (AvgIpc) is 3.10. The van der Waals surface area contributed by atoms with Crippen LogP contribution in [-0.2, 0) is 4.74 Å². The number of benzene rings is 3. The molecule has 0 saturated heterocycles. The Morgan fingerprint density at radius 3 is 2.14 bits per heavy atom. The van der Waals surface area contributed by atoms with Crippen LogP contribution in [0.3, 0.4) is 0 Å². The summed E-state index contributed by atoms with van der Waals surface area (Å²) in [6.45, 7) is 0.321. The van der Waals surface area contributed by atoms with Crippen molar-refractivity contribution in [3.8, 4) is 16.9 Å². The summed E-state index contributed by atoms with van der Waals surface area (Å²) in [6.07, 6.45) is -1.36. The van der Waals surface area contributed by atoms with Crippen molar-refractivity contribution < 1.29 is 19.4 Å². The van der Waals surface area contributed by atoms with Gasteiger partial charge in [0.2, 0.25) is 0 Å². The number of hydrogen-bond acceptors (Lipinski definition) is 4. The van der Waals surface area contributed by atoms with Crippen LogP contribution in [0.2, 0.25) is 0 Å². The molecule has 3 aromatic carbocycles. The maximum absolute atomic E-state index is 12.2. The Bertz CT molecular complexity index is 954. The lowest BCUT2D eigenvalue weighted by Crippen LogP contribution is -2.30. The Morgan fingerprint density at radius 2 is 1.55 bits per heavy atom. The van der Waals surface area contributed by atoms with Crippen LogP contribution >= 0.6 is 0 Å². The van der Waals surface area contributed by atoms with Crippen molar-refractivity contribution in [2.75, 3.05) is 20.3 Å².